The molecule has 10 nitrogen and oxygen atoms in total. The normalized spacial score (nSPS) is 19.5. The van der Waals surface area contributed by atoms with Crippen LogP contribution in [0.2, 0.25) is 0 Å². The van der Waals surface area contributed by atoms with Crippen molar-refractivity contribution >= 4 is 17.8 Å². The van der Waals surface area contributed by atoms with Crippen LogP contribution in [0.15, 0.2) is 46.9 Å². The van der Waals surface area contributed by atoms with Crippen molar-refractivity contribution in [2.24, 2.45) is 5.92 Å². The molecule has 0 unspecified atom stereocenters. The van der Waals surface area contributed by atoms with Crippen molar-refractivity contribution in [3.63, 3.8) is 0 Å². The third-order valence-electron chi connectivity index (χ3n) is 6.32. The lowest BCUT2D eigenvalue weighted by Gasteiger charge is -2.45. The van der Waals surface area contributed by atoms with E-state index in [-0.39, 0.29) is 36.5 Å². The zero-order chi connectivity index (χ0) is 24.1. The Labute approximate surface area is 197 Å². The summed E-state index contributed by atoms with van der Waals surface area (Å²) < 4.78 is 21.2. The quantitative estimate of drug-likeness (QED) is 0.426. The van der Waals surface area contributed by atoms with Gasteiger partial charge in [-0.25, -0.2) is 5.06 Å². The van der Waals surface area contributed by atoms with Crippen LogP contribution in [0.5, 0.6) is 11.7 Å². The lowest BCUT2D eigenvalue weighted by atomic mass is 9.77. The second-order valence-corrected chi connectivity index (χ2v) is 8.22. The summed E-state index contributed by atoms with van der Waals surface area (Å²) in [5, 5.41) is 1.31. The Morgan fingerprint density at radius 3 is 2.47 bits per heavy atom. The second-order valence-electron chi connectivity index (χ2n) is 8.22. The van der Waals surface area contributed by atoms with Gasteiger partial charge in [0.25, 0.3) is 11.9 Å². The molecule has 182 valence electrons. The molecule has 2 amide bonds. The molecular weight excluding hydrogens is 444 g/mol. The van der Waals surface area contributed by atoms with Gasteiger partial charge in [0.1, 0.15) is 5.75 Å². The van der Waals surface area contributed by atoms with E-state index in [4.69, 9.17) is 23.5 Å². The first-order valence-corrected chi connectivity index (χ1v) is 11.1. The molecule has 0 N–H and O–H groups in total. The largest absolute Gasteiger partial charge is 0.469 e. The maximum absolute atomic E-state index is 13.1. The van der Waals surface area contributed by atoms with Crippen molar-refractivity contribution in [3.05, 3.63) is 48.2 Å². The number of methoxy groups -OCH3 is 2. The number of hydrogen-bond donors (Lipinski definition) is 0. The molecule has 2 aliphatic heterocycles. The molecule has 0 aliphatic carbocycles. The van der Waals surface area contributed by atoms with Crippen LogP contribution in [0.1, 0.15) is 29.8 Å². The number of para-hydroxylation sites is 1. The Hall–Kier alpha value is -3.37. The van der Waals surface area contributed by atoms with E-state index in [0.717, 1.165) is 0 Å². The first-order chi connectivity index (χ1) is 16.5. The summed E-state index contributed by atoms with van der Waals surface area (Å²) in [6.45, 7) is 1.12. The molecule has 2 aliphatic rings. The first kappa shape index (κ1) is 23.8. The van der Waals surface area contributed by atoms with E-state index in [1.165, 1.54) is 19.3 Å². The summed E-state index contributed by atoms with van der Waals surface area (Å²) in [6.07, 6.45) is 0.739. The average Bonchev–Trinajstić information content (AvgIpc) is 3.43. The van der Waals surface area contributed by atoms with Crippen LogP contribution in [-0.4, -0.2) is 73.8 Å². The molecular formula is C24H28N2O8. The van der Waals surface area contributed by atoms with E-state index in [9.17, 15) is 14.4 Å². The van der Waals surface area contributed by atoms with E-state index < -0.39 is 17.4 Å². The van der Waals surface area contributed by atoms with E-state index in [2.05, 4.69) is 0 Å². The predicted molar refractivity (Wildman–Crippen MR) is 118 cm³/mol. The van der Waals surface area contributed by atoms with Crippen molar-refractivity contribution < 1.29 is 37.8 Å². The fraction of sp³-hybridized carbons (Fsp3) is 0.458. The second kappa shape index (κ2) is 10.3. The molecule has 2 aromatic rings. The molecule has 4 rings (SSSR count). The number of rotatable bonds is 8. The smallest absolute Gasteiger partial charge is 0.311 e. The summed E-state index contributed by atoms with van der Waals surface area (Å²) in [5.74, 6) is -0.721. The lowest BCUT2D eigenvalue weighted by molar-refractivity contribution is -0.226. The highest BCUT2D eigenvalue weighted by Gasteiger charge is 2.58. The number of carbonyl (C=O) groups excluding carboxylic acids is 3. The van der Waals surface area contributed by atoms with Gasteiger partial charge in [-0.1, -0.05) is 18.2 Å². The maximum atomic E-state index is 13.1. The Morgan fingerprint density at radius 1 is 1.06 bits per heavy atom. The van der Waals surface area contributed by atoms with Crippen LogP contribution in [0, 0.1) is 5.92 Å². The monoisotopic (exact) mass is 472 g/mol. The zero-order valence-electron chi connectivity index (χ0n) is 19.2. The predicted octanol–water partition coefficient (Wildman–Crippen LogP) is 2.65. The van der Waals surface area contributed by atoms with E-state index in [1.807, 2.05) is 18.2 Å². The highest BCUT2D eigenvalue weighted by Crippen LogP contribution is 2.44. The summed E-state index contributed by atoms with van der Waals surface area (Å²) in [4.78, 5) is 45.6. The number of amides is 2. The van der Waals surface area contributed by atoms with Crippen molar-refractivity contribution in [2.75, 3.05) is 40.5 Å². The Bertz CT molecular complexity index is 1010. The zero-order valence-corrected chi connectivity index (χ0v) is 19.2. The minimum absolute atomic E-state index is 0.00592. The fourth-order valence-electron chi connectivity index (χ4n) is 4.59. The van der Waals surface area contributed by atoms with E-state index >= 15 is 0 Å². The van der Waals surface area contributed by atoms with Gasteiger partial charge in [0.15, 0.2) is 5.76 Å². The number of hydroxylamine groups is 2. The molecule has 2 saturated heterocycles. The number of likely N-dealkylation sites (tertiary alicyclic amines) is 1. The number of carbonyl (C=O) groups is 3. The molecule has 3 heterocycles. The Balaban J connectivity index is 1.45. The van der Waals surface area contributed by atoms with E-state index in [0.29, 0.717) is 38.3 Å². The number of hydrogen-bond acceptors (Lipinski definition) is 8. The molecule has 1 aromatic heterocycles. The Morgan fingerprint density at radius 2 is 1.79 bits per heavy atom. The standard InChI is InChI=1S/C24H28N2O8/c1-30-14-15-32-26-20(27)16-18(23(29)31-2)24(26)10-12-25(13-11-24)22(28)19-8-9-21(34-19)33-17-6-4-3-5-7-17/h3-9,18H,10-16H2,1-2H3/t18-/m1/s1. The lowest BCUT2D eigenvalue weighted by Crippen LogP contribution is -2.58. The van der Waals surface area contributed by atoms with Gasteiger partial charge < -0.3 is 23.5 Å². The number of ether oxygens (including phenoxy) is 3. The topological polar surface area (TPSA) is 108 Å². The molecule has 10 heteroatoms. The summed E-state index contributed by atoms with van der Waals surface area (Å²) in [6, 6.07) is 12.3. The number of piperidine rings is 1. The van der Waals surface area contributed by atoms with Crippen LogP contribution in [-0.2, 0) is 23.9 Å². The molecule has 2 fully saturated rings. The van der Waals surface area contributed by atoms with Crippen LogP contribution in [0.25, 0.3) is 0 Å². The van der Waals surface area contributed by atoms with Gasteiger partial charge in [0.2, 0.25) is 5.91 Å². The van der Waals surface area contributed by atoms with Gasteiger partial charge in [0.05, 0.1) is 31.8 Å². The molecule has 0 saturated carbocycles. The van der Waals surface area contributed by atoms with Crippen LogP contribution in [0.3, 0.4) is 0 Å². The van der Waals surface area contributed by atoms with Gasteiger partial charge in [0, 0.05) is 32.7 Å². The highest BCUT2D eigenvalue weighted by molar-refractivity contribution is 5.92. The maximum Gasteiger partial charge on any atom is 0.311 e. The van der Waals surface area contributed by atoms with E-state index in [1.54, 1.807) is 29.2 Å². The molecule has 0 radical (unpaired) electrons. The summed E-state index contributed by atoms with van der Waals surface area (Å²) in [5.41, 5.74) is -0.876. The van der Waals surface area contributed by atoms with Crippen molar-refractivity contribution in [2.45, 2.75) is 24.8 Å². The van der Waals surface area contributed by atoms with Crippen LogP contribution >= 0.6 is 0 Å². The average molecular weight is 472 g/mol. The minimum atomic E-state index is -0.876. The number of benzene rings is 1. The van der Waals surface area contributed by atoms with Crippen molar-refractivity contribution in [1.29, 1.82) is 0 Å². The van der Waals surface area contributed by atoms with Crippen molar-refractivity contribution in [1.82, 2.24) is 9.96 Å². The summed E-state index contributed by atoms with van der Waals surface area (Å²) >= 11 is 0. The van der Waals surface area contributed by atoms with Gasteiger partial charge in [-0.2, -0.15) is 0 Å². The third-order valence-corrected chi connectivity index (χ3v) is 6.32. The third kappa shape index (κ3) is 4.64. The molecule has 1 spiro atoms. The van der Waals surface area contributed by atoms with Crippen molar-refractivity contribution in [3.8, 4) is 11.7 Å². The molecule has 34 heavy (non-hydrogen) atoms. The first-order valence-electron chi connectivity index (χ1n) is 11.1. The van der Waals surface area contributed by atoms with Gasteiger partial charge in [-0.3, -0.25) is 19.2 Å². The fourth-order valence-corrected chi connectivity index (χ4v) is 4.59. The SMILES string of the molecule is COCCON1C(=O)C[C@H](C(=O)OC)C12CCN(C(=O)c1ccc(Oc3ccccc3)o1)CC2. The number of esters is 1. The minimum Gasteiger partial charge on any atom is -0.469 e. The number of furan rings is 1. The van der Waals surface area contributed by atoms with Gasteiger partial charge in [-0.05, 0) is 31.0 Å². The highest BCUT2D eigenvalue weighted by atomic mass is 16.7. The molecule has 1 atom stereocenters. The van der Waals surface area contributed by atoms with Gasteiger partial charge >= 0.3 is 5.97 Å². The Kier molecular flexibility index (Phi) is 7.18. The van der Waals surface area contributed by atoms with Crippen LogP contribution < -0.4 is 4.74 Å². The molecule has 1 aromatic carbocycles. The van der Waals surface area contributed by atoms with Crippen LogP contribution in [0.4, 0.5) is 0 Å². The molecule has 0 bridgehead atoms. The van der Waals surface area contributed by atoms with Gasteiger partial charge in [-0.15, -0.1) is 0 Å². The summed E-state index contributed by atoms with van der Waals surface area (Å²) in [7, 11) is 2.84. The number of nitrogens with zero attached hydrogens (tertiary/aromatic N) is 2.